The maximum absolute atomic E-state index is 12.5. The summed E-state index contributed by atoms with van der Waals surface area (Å²) in [6, 6.07) is 9.31. The molecule has 0 saturated heterocycles. The molecule has 0 saturated carbocycles. The first-order chi connectivity index (χ1) is 11.6. The summed E-state index contributed by atoms with van der Waals surface area (Å²) in [4.78, 5) is 10.5. The molecule has 2 rings (SSSR count). The molecule has 0 aliphatic rings. The number of nitro groups is 1. The summed E-state index contributed by atoms with van der Waals surface area (Å²) in [6.45, 7) is 1.61. The molecule has 1 N–H and O–H groups in total. The van der Waals surface area contributed by atoms with Crippen LogP contribution in [0.2, 0.25) is 5.02 Å². The van der Waals surface area contributed by atoms with Crippen molar-refractivity contribution in [1.29, 1.82) is 0 Å². The van der Waals surface area contributed by atoms with E-state index in [4.69, 9.17) is 11.6 Å². The van der Waals surface area contributed by atoms with Crippen molar-refractivity contribution in [2.75, 3.05) is 6.26 Å². The maximum atomic E-state index is 12.5. The smallest absolute Gasteiger partial charge is 0.258 e. The molecule has 10 heteroatoms. The van der Waals surface area contributed by atoms with Crippen LogP contribution in [0.5, 0.6) is 0 Å². The zero-order valence-electron chi connectivity index (χ0n) is 13.3. The van der Waals surface area contributed by atoms with Crippen molar-refractivity contribution in [2.24, 2.45) is 0 Å². The molecule has 0 aromatic heterocycles. The number of benzene rings is 2. The van der Waals surface area contributed by atoms with Gasteiger partial charge in [0.2, 0.25) is 10.0 Å². The standard InChI is InChI=1S/C15H15ClN2O5S2/c1-10(11-3-6-13(7-4-11)24(2)21)17-25(22,23)15-8-5-12(16)9-14(15)18(19)20/h3-10,17H,1-2H3/t10-,24+/m1/s1. The van der Waals surface area contributed by atoms with Gasteiger partial charge < -0.3 is 0 Å². The number of halogens is 1. The summed E-state index contributed by atoms with van der Waals surface area (Å²) in [5, 5.41) is 11.2. The van der Waals surface area contributed by atoms with E-state index in [0.29, 0.717) is 10.5 Å². The van der Waals surface area contributed by atoms with Gasteiger partial charge >= 0.3 is 0 Å². The topological polar surface area (TPSA) is 106 Å². The molecule has 0 aliphatic carbocycles. The second-order valence-corrected chi connectivity index (χ2v) is 8.73. The van der Waals surface area contributed by atoms with Gasteiger partial charge in [0.15, 0.2) is 4.90 Å². The molecule has 0 bridgehead atoms. The van der Waals surface area contributed by atoms with Crippen LogP contribution < -0.4 is 4.72 Å². The van der Waals surface area contributed by atoms with Crippen molar-refractivity contribution in [3.05, 3.63) is 63.2 Å². The summed E-state index contributed by atoms with van der Waals surface area (Å²) in [5.74, 6) is 0. The van der Waals surface area contributed by atoms with Gasteiger partial charge in [-0.15, -0.1) is 0 Å². The summed E-state index contributed by atoms with van der Waals surface area (Å²) >= 11 is 5.71. The second-order valence-electron chi connectivity index (χ2n) is 5.24. The van der Waals surface area contributed by atoms with E-state index in [1.54, 1.807) is 37.4 Å². The average molecular weight is 403 g/mol. The Hall–Kier alpha value is -1.81. The Balaban J connectivity index is 2.32. The third-order valence-electron chi connectivity index (χ3n) is 3.45. The number of rotatable bonds is 6. The molecule has 7 nitrogen and oxygen atoms in total. The first-order valence-corrected chi connectivity index (χ1v) is 10.4. The summed E-state index contributed by atoms with van der Waals surface area (Å²) in [5.41, 5.74) is 0.0401. The third kappa shape index (κ3) is 4.63. The Kier molecular flexibility index (Phi) is 5.94. The number of sulfonamides is 1. The number of hydrogen-bond acceptors (Lipinski definition) is 5. The average Bonchev–Trinajstić information content (AvgIpc) is 2.54. The van der Waals surface area contributed by atoms with E-state index in [-0.39, 0.29) is 5.02 Å². The van der Waals surface area contributed by atoms with Crippen LogP contribution in [0.15, 0.2) is 52.3 Å². The van der Waals surface area contributed by atoms with Crippen molar-refractivity contribution in [1.82, 2.24) is 4.72 Å². The molecule has 0 aliphatic heterocycles. The van der Waals surface area contributed by atoms with Gasteiger partial charge in [-0.25, -0.2) is 13.1 Å². The Labute approximate surface area is 152 Å². The number of hydrogen-bond donors (Lipinski definition) is 1. The molecule has 2 aromatic carbocycles. The van der Waals surface area contributed by atoms with E-state index in [0.717, 1.165) is 12.1 Å². The van der Waals surface area contributed by atoms with Crippen LogP contribution in [-0.2, 0) is 20.8 Å². The van der Waals surface area contributed by atoms with Gasteiger partial charge in [-0.1, -0.05) is 23.7 Å². The monoisotopic (exact) mass is 402 g/mol. The predicted octanol–water partition coefficient (Wildman–Crippen LogP) is 3.03. The second kappa shape index (κ2) is 7.61. The van der Waals surface area contributed by atoms with E-state index in [1.807, 2.05) is 0 Å². The Morgan fingerprint density at radius 2 is 1.80 bits per heavy atom. The van der Waals surface area contributed by atoms with E-state index < -0.39 is 42.4 Å². The fourth-order valence-corrected chi connectivity index (χ4v) is 4.24. The zero-order valence-corrected chi connectivity index (χ0v) is 15.7. The molecule has 0 fully saturated rings. The number of nitrogens with zero attached hydrogens (tertiary/aromatic N) is 1. The predicted molar refractivity (Wildman–Crippen MR) is 95.6 cm³/mol. The number of nitrogens with one attached hydrogen (secondary N) is 1. The van der Waals surface area contributed by atoms with E-state index in [1.165, 1.54) is 6.07 Å². The van der Waals surface area contributed by atoms with E-state index in [9.17, 15) is 22.7 Å². The van der Waals surface area contributed by atoms with Gasteiger partial charge in [-0.05, 0) is 36.8 Å². The molecule has 0 unspecified atom stereocenters. The lowest BCUT2D eigenvalue weighted by molar-refractivity contribution is -0.387. The minimum absolute atomic E-state index is 0.0712. The Bertz CT molecular complexity index is 929. The fourth-order valence-electron chi connectivity index (χ4n) is 2.17. The van der Waals surface area contributed by atoms with Crippen LogP contribution in [0.3, 0.4) is 0 Å². The maximum Gasteiger partial charge on any atom is 0.290 e. The van der Waals surface area contributed by atoms with Crippen molar-refractivity contribution in [2.45, 2.75) is 22.8 Å². The molecule has 2 atom stereocenters. The van der Waals surface area contributed by atoms with Crippen LogP contribution in [-0.4, -0.2) is 23.8 Å². The van der Waals surface area contributed by atoms with Crippen LogP contribution in [0, 0.1) is 10.1 Å². The van der Waals surface area contributed by atoms with E-state index >= 15 is 0 Å². The number of nitro benzene ring substituents is 1. The summed E-state index contributed by atoms with van der Waals surface area (Å²) < 4.78 is 38.8. The first-order valence-electron chi connectivity index (χ1n) is 7.01. The van der Waals surface area contributed by atoms with E-state index in [2.05, 4.69) is 4.72 Å². The van der Waals surface area contributed by atoms with Gasteiger partial charge in [-0.2, -0.15) is 0 Å². The largest absolute Gasteiger partial charge is 0.290 e. The zero-order chi connectivity index (χ0) is 18.8. The van der Waals surface area contributed by atoms with Crippen molar-refractivity contribution in [3.8, 4) is 0 Å². The third-order valence-corrected chi connectivity index (χ3v) is 6.21. The molecule has 0 amide bonds. The highest BCUT2D eigenvalue weighted by molar-refractivity contribution is 7.89. The molecule has 0 spiro atoms. The molecule has 134 valence electrons. The van der Waals surface area contributed by atoms with Gasteiger partial charge in [0.05, 0.1) is 4.92 Å². The quantitative estimate of drug-likeness (QED) is 0.590. The normalized spacial score (nSPS) is 14.0. The lowest BCUT2D eigenvalue weighted by Crippen LogP contribution is -2.27. The van der Waals surface area contributed by atoms with Gasteiger partial charge in [0, 0.05) is 39.1 Å². The van der Waals surface area contributed by atoms with Crippen LogP contribution >= 0.6 is 11.6 Å². The minimum atomic E-state index is -4.14. The van der Waals surface area contributed by atoms with Crippen LogP contribution in [0.4, 0.5) is 5.69 Å². The van der Waals surface area contributed by atoms with Crippen molar-refractivity contribution >= 4 is 38.1 Å². The lowest BCUT2D eigenvalue weighted by atomic mass is 10.1. The Morgan fingerprint density at radius 1 is 1.20 bits per heavy atom. The minimum Gasteiger partial charge on any atom is -0.258 e. The highest BCUT2D eigenvalue weighted by Gasteiger charge is 2.27. The molecule has 0 heterocycles. The van der Waals surface area contributed by atoms with Crippen LogP contribution in [0.1, 0.15) is 18.5 Å². The van der Waals surface area contributed by atoms with Crippen LogP contribution in [0.25, 0.3) is 0 Å². The van der Waals surface area contributed by atoms with Crippen molar-refractivity contribution < 1.29 is 17.6 Å². The van der Waals surface area contributed by atoms with Gasteiger partial charge in [0.25, 0.3) is 5.69 Å². The molecule has 2 aromatic rings. The molecule has 25 heavy (non-hydrogen) atoms. The van der Waals surface area contributed by atoms with Gasteiger partial charge in [0.1, 0.15) is 0 Å². The molecular weight excluding hydrogens is 388 g/mol. The fraction of sp³-hybridized carbons (Fsp3) is 0.200. The SMILES string of the molecule is C[C@@H](NS(=O)(=O)c1ccc(Cl)cc1[N+](=O)[O-])c1ccc([S@](C)=O)cc1. The summed E-state index contributed by atoms with van der Waals surface area (Å²) in [7, 11) is -5.27. The van der Waals surface area contributed by atoms with Gasteiger partial charge in [-0.3, -0.25) is 14.3 Å². The van der Waals surface area contributed by atoms with Crippen molar-refractivity contribution in [3.63, 3.8) is 0 Å². The molecule has 0 radical (unpaired) electrons. The highest BCUT2D eigenvalue weighted by Crippen LogP contribution is 2.28. The highest BCUT2D eigenvalue weighted by atomic mass is 35.5. The Morgan fingerprint density at radius 3 is 2.32 bits per heavy atom. The summed E-state index contributed by atoms with van der Waals surface area (Å²) in [6.07, 6.45) is 1.54. The molecular formula is C15H15ClN2O5S2. The lowest BCUT2D eigenvalue weighted by Gasteiger charge is -2.15. The first kappa shape index (κ1) is 19.5.